The maximum absolute atomic E-state index is 13.6. The van der Waals surface area contributed by atoms with Crippen LogP contribution in [0.3, 0.4) is 0 Å². The molecule has 4 amide bonds. The first-order chi connectivity index (χ1) is 15.7. The Labute approximate surface area is 197 Å². The average molecular weight is 476 g/mol. The maximum atomic E-state index is 13.6. The number of hydrogen-bond acceptors (Lipinski definition) is 5. The van der Waals surface area contributed by atoms with E-state index in [2.05, 4.69) is 16.0 Å². The molecule has 1 aromatic carbocycles. The van der Waals surface area contributed by atoms with E-state index in [4.69, 9.17) is 23.1 Å². The molecule has 178 valence electrons. The van der Waals surface area contributed by atoms with Gasteiger partial charge < -0.3 is 27.4 Å². The van der Waals surface area contributed by atoms with E-state index in [0.29, 0.717) is 36.0 Å². The van der Waals surface area contributed by atoms with Crippen LogP contribution in [0.2, 0.25) is 5.02 Å². The Morgan fingerprint density at radius 3 is 2.58 bits per heavy atom. The van der Waals surface area contributed by atoms with Crippen molar-refractivity contribution in [2.24, 2.45) is 29.2 Å². The molecule has 1 aromatic rings. The first kappa shape index (κ1) is 23.4. The fourth-order valence-electron chi connectivity index (χ4n) is 5.02. The molecule has 2 fully saturated rings. The minimum atomic E-state index is -1.34. The van der Waals surface area contributed by atoms with Gasteiger partial charge in [-0.2, -0.15) is 0 Å². The van der Waals surface area contributed by atoms with Crippen molar-refractivity contribution < 1.29 is 19.2 Å². The monoisotopic (exact) mass is 475 g/mol. The number of amides is 4. The summed E-state index contributed by atoms with van der Waals surface area (Å²) >= 11 is 6.12. The number of anilines is 1. The number of piperidine rings is 1. The first-order valence-corrected chi connectivity index (χ1v) is 11.8. The molecular formula is C23H30ClN5O4. The van der Waals surface area contributed by atoms with Crippen LogP contribution >= 0.6 is 11.6 Å². The highest BCUT2D eigenvalue weighted by molar-refractivity contribution is 6.31. The van der Waals surface area contributed by atoms with E-state index in [1.807, 2.05) is 6.07 Å². The largest absolute Gasteiger partial charge is 0.370 e. The molecule has 2 aliphatic heterocycles. The molecule has 4 rings (SSSR count). The van der Waals surface area contributed by atoms with Crippen LogP contribution in [0.5, 0.6) is 0 Å². The molecule has 10 heteroatoms. The molecule has 33 heavy (non-hydrogen) atoms. The number of carbonyl (C=O) groups excluding carboxylic acids is 4. The highest BCUT2D eigenvalue weighted by atomic mass is 35.5. The van der Waals surface area contributed by atoms with Gasteiger partial charge in [0.2, 0.25) is 23.6 Å². The molecule has 0 spiro atoms. The second-order valence-electron chi connectivity index (χ2n) is 9.50. The summed E-state index contributed by atoms with van der Waals surface area (Å²) < 4.78 is 0. The lowest BCUT2D eigenvalue weighted by atomic mass is 9.77. The van der Waals surface area contributed by atoms with Crippen molar-refractivity contribution in [3.8, 4) is 0 Å². The summed E-state index contributed by atoms with van der Waals surface area (Å²) in [6.07, 6.45) is 4.19. The topological polar surface area (TPSA) is 156 Å². The van der Waals surface area contributed by atoms with Crippen molar-refractivity contribution in [2.75, 3.05) is 11.9 Å². The Balaban J connectivity index is 1.57. The average Bonchev–Trinajstić information content (AvgIpc) is 3.50. The number of primary amides is 2. The molecule has 7 N–H and O–H groups in total. The molecule has 0 aromatic heterocycles. The zero-order valence-corrected chi connectivity index (χ0v) is 19.1. The van der Waals surface area contributed by atoms with Crippen LogP contribution in [0, 0.1) is 17.8 Å². The third kappa shape index (κ3) is 4.93. The van der Waals surface area contributed by atoms with Gasteiger partial charge in [-0.1, -0.05) is 30.5 Å². The normalized spacial score (nSPS) is 25.8. The summed E-state index contributed by atoms with van der Waals surface area (Å²) in [7, 11) is 0. The fourth-order valence-corrected chi connectivity index (χ4v) is 5.19. The van der Waals surface area contributed by atoms with Gasteiger partial charge in [-0.15, -0.1) is 0 Å². The number of nitrogens with one attached hydrogen (secondary N) is 3. The predicted octanol–water partition coefficient (Wildman–Crippen LogP) is 0.835. The van der Waals surface area contributed by atoms with Crippen molar-refractivity contribution in [1.29, 1.82) is 0 Å². The zero-order valence-electron chi connectivity index (χ0n) is 18.4. The number of halogens is 1. The summed E-state index contributed by atoms with van der Waals surface area (Å²) in [6, 6.07) is 4.24. The molecule has 0 radical (unpaired) electrons. The molecular weight excluding hydrogens is 446 g/mol. The van der Waals surface area contributed by atoms with E-state index in [0.717, 1.165) is 24.8 Å². The fraction of sp³-hybridized carbons (Fsp3) is 0.565. The van der Waals surface area contributed by atoms with Gasteiger partial charge in [0.15, 0.2) is 0 Å². The Hall–Kier alpha value is -2.81. The van der Waals surface area contributed by atoms with Gasteiger partial charge in [0.1, 0.15) is 11.6 Å². The zero-order chi connectivity index (χ0) is 23.8. The van der Waals surface area contributed by atoms with Crippen LogP contribution in [-0.2, 0) is 25.6 Å². The van der Waals surface area contributed by atoms with Gasteiger partial charge in [-0.25, -0.2) is 0 Å². The van der Waals surface area contributed by atoms with Gasteiger partial charge in [-0.3, -0.25) is 19.2 Å². The second-order valence-corrected chi connectivity index (χ2v) is 9.94. The van der Waals surface area contributed by atoms with Gasteiger partial charge in [0.05, 0.1) is 5.92 Å². The molecule has 9 nitrogen and oxygen atoms in total. The molecule has 1 unspecified atom stereocenters. The van der Waals surface area contributed by atoms with E-state index in [-0.39, 0.29) is 18.7 Å². The Morgan fingerprint density at radius 1 is 1.18 bits per heavy atom. The van der Waals surface area contributed by atoms with Crippen molar-refractivity contribution in [1.82, 2.24) is 10.6 Å². The maximum Gasteiger partial charge on any atom is 0.244 e. The number of carbonyl (C=O) groups is 4. The summed E-state index contributed by atoms with van der Waals surface area (Å²) in [4.78, 5) is 50.7. The van der Waals surface area contributed by atoms with Crippen molar-refractivity contribution in [3.63, 3.8) is 0 Å². The number of benzene rings is 1. The van der Waals surface area contributed by atoms with Gasteiger partial charge in [0, 0.05) is 29.6 Å². The first-order valence-electron chi connectivity index (χ1n) is 11.4. The minimum absolute atomic E-state index is 0.121. The van der Waals surface area contributed by atoms with Gasteiger partial charge in [0.25, 0.3) is 0 Å². The minimum Gasteiger partial charge on any atom is -0.370 e. The van der Waals surface area contributed by atoms with Crippen LogP contribution in [0.1, 0.15) is 44.1 Å². The third-order valence-electron chi connectivity index (χ3n) is 7.10. The Morgan fingerprint density at radius 2 is 1.94 bits per heavy atom. The summed E-state index contributed by atoms with van der Waals surface area (Å²) in [5.74, 6) is -2.87. The van der Waals surface area contributed by atoms with E-state index >= 15 is 0 Å². The van der Waals surface area contributed by atoms with E-state index in [9.17, 15) is 19.2 Å². The lowest BCUT2D eigenvalue weighted by Gasteiger charge is -2.36. The van der Waals surface area contributed by atoms with Crippen molar-refractivity contribution >= 4 is 40.9 Å². The Bertz CT molecular complexity index is 982. The van der Waals surface area contributed by atoms with Gasteiger partial charge in [-0.05, 0) is 49.3 Å². The SMILES string of the molecule is NC(=O)[C@H](C[C@@H]1CCCNC1=O)NC(=O)C(CC1CC1)[C@]1(C(N)=O)Cc2ccc(Cl)cc2N1. The van der Waals surface area contributed by atoms with E-state index in [1.54, 1.807) is 12.1 Å². The van der Waals surface area contributed by atoms with Crippen LogP contribution < -0.4 is 27.4 Å². The van der Waals surface area contributed by atoms with Crippen LogP contribution in [0.15, 0.2) is 18.2 Å². The number of fused-ring (bicyclic) bond motifs is 1. The van der Waals surface area contributed by atoms with Crippen LogP contribution in [0.25, 0.3) is 0 Å². The molecule has 4 atom stereocenters. The standard InChI is InChI=1S/C23H30ClN5O4/c24-15-6-5-14-11-23(22(26)33,29-17(14)10-15)16(8-12-3-4-12)21(32)28-18(19(25)30)9-13-2-1-7-27-20(13)31/h5-6,10,12-13,16,18,29H,1-4,7-9,11H2,(H2,25,30)(H2,26,33)(H,27,31)(H,28,32)/t13-,16?,18-,23-/m0/s1. The molecule has 3 aliphatic rings. The molecule has 0 bridgehead atoms. The van der Waals surface area contributed by atoms with E-state index in [1.165, 1.54) is 0 Å². The molecule has 1 aliphatic carbocycles. The van der Waals surface area contributed by atoms with E-state index < -0.39 is 41.1 Å². The number of nitrogens with two attached hydrogens (primary N) is 2. The number of hydrogen-bond donors (Lipinski definition) is 5. The molecule has 1 saturated heterocycles. The Kier molecular flexibility index (Phi) is 6.52. The predicted molar refractivity (Wildman–Crippen MR) is 123 cm³/mol. The number of rotatable bonds is 9. The van der Waals surface area contributed by atoms with Crippen molar-refractivity contribution in [2.45, 2.75) is 56.5 Å². The summed E-state index contributed by atoms with van der Waals surface area (Å²) in [5, 5.41) is 9.22. The highest BCUT2D eigenvalue weighted by Crippen LogP contribution is 2.44. The highest BCUT2D eigenvalue weighted by Gasteiger charge is 2.53. The molecule has 2 heterocycles. The lowest BCUT2D eigenvalue weighted by molar-refractivity contribution is -0.136. The van der Waals surface area contributed by atoms with Crippen LogP contribution in [0.4, 0.5) is 5.69 Å². The van der Waals surface area contributed by atoms with Crippen molar-refractivity contribution in [3.05, 3.63) is 28.8 Å². The van der Waals surface area contributed by atoms with Gasteiger partial charge >= 0.3 is 0 Å². The lowest BCUT2D eigenvalue weighted by Crippen LogP contribution is -2.61. The summed E-state index contributed by atoms with van der Waals surface area (Å²) in [6.45, 7) is 0.601. The van der Waals surface area contributed by atoms with Crippen LogP contribution in [-0.4, -0.2) is 41.8 Å². The smallest absolute Gasteiger partial charge is 0.244 e. The molecule has 1 saturated carbocycles. The summed E-state index contributed by atoms with van der Waals surface area (Å²) in [5.41, 5.74) is 11.6. The second kappa shape index (κ2) is 9.21. The quantitative estimate of drug-likeness (QED) is 0.357. The third-order valence-corrected chi connectivity index (χ3v) is 7.33.